The van der Waals surface area contributed by atoms with Crippen molar-refractivity contribution in [1.29, 1.82) is 0 Å². The Balaban J connectivity index is 1.26. The summed E-state index contributed by atoms with van der Waals surface area (Å²) in [7, 11) is 0. The number of aromatic nitrogens is 4. The second-order valence-electron chi connectivity index (χ2n) is 12.8. The van der Waals surface area contributed by atoms with Crippen LogP contribution in [0, 0.1) is 0 Å². The molecule has 0 bridgehead atoms. The number of thiophene rings is 1. The van der Waals surface area contributed by atoms with Gasteiger partial charge in [0, 0.05) is 58.4 Å². The molecule has 5 nitrogen and oxygen atoms in total. The highest BCUT2D eigenvalue weighted by molar-refractivity contribution is 7.26. The molecule has 0 saturated heterocycles. The molecule has 0 amide bonds. The van der Waals surface area contributed by atoms with E-state index in [0.717, 1.165) is 60.7 Å². The fraction of sp³-hybridized carbons (Fsp3) is 0. The van der Waals surface area contributed by atoms with E-state index >= 15 is 0 Å². The average molecular weight is 671 g/mol. The number of nitrogens with zero attached hydrogens (tertiary/aromatic N) is 4. The second kappa shape index (κ2) is 10.9. The molecule has 0 aliphatic rings. The highest BCUT2D eigenvalue weighted by atomic mass is 32.1. The summed E-state index contributed by atoms with van der Waals surface area (Å²) < 4.78 is 11.2. The third kappa shape index (κ3) is 4.37. The lowest BCUT2D eigenvalue weighted by Gasteiger charge is -2.14. The van der Waals surface area contributed by atoms with Crippen LogP contribution in [0.2, 0.25) is 0 Å². The molecule has 0 saturated carbocycles. The molecule has 0 radical (unpaired) electrons. The number of fused-ring (bicyclic) bond motifs is 9. The Morgan fingerprint density at radius 2 is 1.02 bits per heavy atom. The van der Waals surface area contributed by atoms with Crippen molar-refractivity contribution in [2.45, 2.75) is 0 Å². The molecule has 0 spiro atoms. The van der Waals surface area contributed by atoms with Gasteiger partial charge in [0.2, 0.25) is 0 Å². The Morgan fingerprint density at radius 3 is 1.76 bits per heavy atom. The quantitative estimate of drug-likeness (QED) is 0.187. The first-order valence-electron chi connectivity index (χ1n) is 16.9. The maximum Gasteiger partial charge on any atom is 0.164 e. The van der Waals surface area contributed by atoms with Crippen molar-refractivity contribution in [1.82, 2.24) is 19.5 Å². The molecule has 51 heavy (non-hydrogen) atoms. The first-order valence-corrected chi connectivity index (χ1v) is 17.8. The largest absolute Gasteiger partial charge is 0.456 e. The molecule has 0 aliphatic heterocycles. The van der Waals surface area contributed by atoms with E-state index in [1.54, 1.807) is 11.3 Å². The smallest absolute Gasteiger partial charge is 0.164 e. The van der Waals surface area contributed by atoms with E-state index in [4.69, 9.17) is 19.4 Å². The Morgan fingerprint density at radius 1 is 0.412 bits per heavy atom. The van der Waals surface area contributed by atoms with E-state index in [1.807, 2.05) is 72.8 Å². The third-order valence-corrected chi connectivity index (χ3v) is 10.9. The minimum atomic E-state index is 0.632. The van der Waals surface area contributed by atoms with Crippen molar-refractivity contribution < 1.29 is 4.42 Å². The fourth-order valence-corrected chi connectivity index (χ4v) is 8.69. The van der Waals surface area contributed by atoms with Crippen LogP contribution in [0.1, 0.15) is 0 Å². The normalized spacial score (nSPS) is 11.9. The molecule has 0 atom stereocenters. The number of furan rings is 1. The summed E-state index contributed by atoms with van der Waals surface area (Å²) in [4.78, 5) is 15.2. The summed E-state index contributed by atoms with van der Waals surface area (Å²) in [6.07, 6.45) is 0. The molecule has 0 fully saturated rings. The van der Waals surface area contributed by atoms with Crippen LogP contribution in [0.4, 0.5) is 0 Å². The summed E-state index contributed by atoms with van der Waals surface area (Å²) in [6.45, 7) is 0. The van der Waals surface area contributed by atoms with Crippen molar-refractivity contribution in [3.05, 3.63) is 158 Å². The van der Waals surface area contributed by atoms with Crippen LogP contribution in [-0.4, -0.2) is 19.5 Å². The number of benzene rings is 7. The monoisotopic (exact) mass is 670 g/mol. The van der Waals surface area contributed by atoms with Crippen LogP contribution < -0.4 is 0 Å². The van der Waals surface area contributed by atoms with Gasteiger partial charge in [0.15, 0.2) is 17.5 Å². The standard InChI is InChI=1S/C45H26N4OS/c1-3-13-27(14-4-1)43-46-44(28-15-5-2-6-16-28)48-45(47-43)29-23-37(42-32-19-9-12-22-40(32)51-41(42)24-29)49-35-20-10-7-17-30(35)33-26-39-34(25-36(33)49)31-18-8-11-21-38(31)50-39/h1-26H. The van der Waals surface area contributed by atoms with Crippen LogP contribution >= 0.6 is 11.3 Å². The van der Waals surface area contributed by atoms with Gasteiger partial charge >= 0.3 is 0 Å². The Hall–Kier alpha value is -6.63. The minimum Gasteiger partial charge on any atom is -0.456 e. The maximum atomic E-state index is 6.38. The molecule has 0 unspecified atom stereocenters. The van der Waals surface area contributed by atoms with Crippen molar-refractivity contribution in [3.8, 4) is 39.9 Å². The van der Waals surface area contributed by atoms with Crippen LogP contribution in [0.5, 0.6) is 0 Å². The van der Waals surface area contributed by atoms with Gasteiger partial charge < -0.3 is 8.98 Å². The van der Waals surface area contributed by atoms with Crippen molar-refractivity contribution in [3.63, 3.8) is 0 Å². The van der Waals surface area contributed by atoms with Crippen molar-refractivity contribution in [2.75, 3.05) is 0 Å². The van der Waals surface area contributed by atoms with Crippen LogP contribution in [0.25, 0.3) is 104 Å². The Kier molecular flexibility index (Phi) is 6.05. The Bertz CT molecular complexity index is 3080. The first-order chi connectivity index (χ1) is 25.3. The molecule has 6 heteroatoms. The molecular weight excluding hydrogens is 645 g/mol. The van der Waals surface area contributed by atoms with Crippen LogP contribution in [-0.2, 0) is 0 Å². The van der Waals surface area contributed by atoms with E-state index in [9.17, 15) is 0 Å². The summed E-state index contributed by atoms with van der Waals surface area (Å²) in [5, 5.41) is 6.96. The first kappa shape index (κ1) is 28.2. The fourth-order valence-electron chi connectivity index (χ4n) is 7.52. The summed E-state index contributed by atoms with van der Waals surface area (Å²) in [5.74, 6) is 1.92. The van der Waals surface area contributed by atoms with Crippen LogP contribution in [0.3, 0.4) is 0 Å². The molecule has 4 aromatic heterocycles. The van der Waals surface area contributed by atoms with E-state index < -0.39 is 0 Å². The van der Waals surface area contributed by atoms with Gasteiger partial charge in [-0.05, 0) is 42.5 Å². The molecule has 11 rings (SSSR count). The van der Waals surface area contributed by atoms with Gasteiger partial charge in [-0.25, -0.2) is 15.0 Å². The lowest BCUT2D eigenvalue weighted by Crippen LogP contribution is -2.01. The van der Waals surface area contributed by atoms with Gasteiger partial charge in [-0.2, -0.15) is 0 Å². The van der Waals surface area contributed by atoms with Gasteiger partial charge in [-0.15, -0.1) is 11.3 Å². The summed E-state index contributed by atoms with van der Waals surface area (Å²) in [6, 6.07) is 54.9. The molecular formula is C45H26N4OS. The number of rotatable bonds is 4. The van der Waals surface area contributed by atoms with Crippen molar-refractivity contribution in [2.24, 2.45) is 0 Å². The highest BCUT2D eigenvalue weighted by Crippen LogP contribution is 2.44. The molecule has 4 heterocycles. The minimum absolute atomic E-state index is 0.632. The number of hydrogen-bond acceptors (Lipinski definition) is 5. The van der Waals surface area contributed by atoms with Gasteiger partial charge in [-0.3, -0.25) is 0 Å². The molecule has 238 valence electrons. The number of para-hydroxylation sites is 2. The molecule has 7 aromatic carbocycles. The topological polar surface area (TPSA) is 56.7 Å². The van der Waals surface area contributed by atoms with E-state index in [2.05, 4.69) is 89.5 Å². The SMILES string of the molecule is c1ccc(-c2nc(-c3ccccc3)nc(-c3cc(-n4c5ccccc5c5cc6oc7ccccc7c6cc54)c4c(c3)sc3ccccc34)n2)cc1. The lowest BCUT2D eigenvalue weighted by molar-refractivity contribution is 0.669. The molecule has 11 aromatic rings. The second-order valence-corrected chi connectivity index (χ2v) is 13.9. The summed E-state index contributed by atoms with van der Waals surface area (Å²) in [5.41, 5.74) is 7.93. The predicted molar refractivity (Wildman–Crippen MR) is 211 cm³/mol. The van der Waals surface area contributed by atoms with Crippen LogP contribution in [0.15, 0.2) is 162 Å². The van der Waals surface area contributed by atoms with Gasteiger partial charge in [0.1, 0.15) is 11.2 Å². The highest BCUT2D eigenvalue weighted by Gasteiger charge is 2.22. The lowest BCUT2D eigenvalue weighted by atomic mass is 10.1. The maximum absolute atomic E-state index is 6.38. The molecule has 0 aliphatic carbocycles. The van der Waals surface area contributed by atoms with Gasteiger partial charge in [0.05, 0.1) is 16.7 Å². The average Bonchev–Trinajstić information content (AvgIpc) is 3.86. The predicted octanol–water partition coefficient (Wildman–Crippen LogP) is 12.2. The van der Waals surface area contributed by atoms with E-state index in [1.165, 1.54) is 25.6 Å². The zero-order valence-electron chi connectivity index (χ0n) is 27.1. The Labute approximate surface area is 295 Å². The zero-order valence-corrected chi connectivity index (χ0v) is 27.9. The summed E-state index contributed by atoms with van der Waals surface area (Å²) >= 11 is 1.80. The van der Waals surface area contributed by atoms with E-state index in [-0.39, 0.29) is 0 Å². The van der Waals surface area contributed by atoms with Crippen molar-refractivity contribution >= 4 is 75.3 Å². The third-order valence-electron chi connectivity index (χ3n) is 9.83. The van der Waals surface area contributed by atoms with Gasteiger partial charge in [0.25, 0.3) is 0 Å². The zero-order chi connectivity index (χ0) is 33.5. The van der Waals surface area contributed by atoms with E-state index in [0.29, 0.717) is 17.5 Å². The van der Waals surface area contributed by atoms with Gasteiger partial charge in [-0.1, -0.05) is 115 Å². The number of hydrogen-bond donors (Lipinski definition) is 0. The molecule has 0 N–H and O–H groups in total.